The minimum absolute atomic E-state index is 0.134. The van der Waals surface area contributed by atoms with Gasteiger partial charge in [0.25, 0.3) is 12.3 Å². The standard InChI is InChI=1S/C11H13F2N3O2S/c1-6-4-8(14)19-10(6)11-15-9(16-18-11)2-3-17-5-7(12)13/h4,7H,2-3,5,14H2,1H3. The van der Waals surface area contributed by atoms with E-state index >= 15 is 0 Å². The Balaban J connectivity index is 1.94. The molecule has 104 valence electrons. The fourth-order valence-corrected chi connectivity index (χ4v) is 2.36. The summed E-state index contributed by atoms with van der Waals surface area (Å²) < 4.78 is 33.6. The minimum atomic E-state index is -2.46. The third-order valence-electron chi connectivity index (χ3n) is 2.31. The second kappa shape index (κ2) is 6.07. The molecule has 2 heterocycles. The molecule has 0 aliphatic rings. The van der Waals surface area contributed by atoms with Crippen LogP contribution < -0.4 is 5.73 Å². The first-order chi connectivity index (χ1) is 9.06. The van der Waals surface area contributed by atoms with Crippen molar-refractivity contribution < 1.29 is 18.0 Å². The van der Waals surface area contributed by atoms with Crippen LogP contribution in [0.2, 0.25) is 0 Å². The summed E-state index contributed by atoms with van der Waals surface area (Å²) in [4.78, 5) is 5.00. The van der Waals surface area contributed by atoms with Crippen LogP contribution in [0.25, 0.3) is 10.8 Å². The molecule has 0 aliphatic heterocycles. The van der Waals surface area contributed by atoms with E-state index in [0.29, 0.717) is 23.1 Å². The van der Waals surface area contributed by atoms with Crippen LogP contribution in [0.15, 0.2) is 10.6 Å². The van der Waals surface area contributed by atoms with Crippen molar-refractivity contribution in [2.75, 3.05) is 18.9 Å². The highest BCUT2D eigenvalue weighted by atomic mass is 32.1. The normalized spacial score (nSPS) is 11.4. The Labute approximate surface area is 112 Å². The van der Waals surface area contributed by atoms with Crippen LogP contribution in [0.4, 0.5) is 13.8 Å². The number of hydrogen-bond donors (Lipinski definition) is 1. The number of aryl methyl sites for hydroxylation is 1. The molecule has 2 aromatic heterocycles. The van der Waals surface area contributed by atoms with Gasteiger partial charge in [-0.05, 0) is 18.6 Å². The van der Waals surface area contributed by atoms with Crippen LogP contribution in [-0.4, -0.2) is 29.8 Å². The molecule has 0 bridgehead atoms. The molecule has 0 saturated heterocycles. The molecular formula is C11H13F2N3O2S. The molecule has 0 atom stereocenters. The zero-order chi connectivity index (χ0) is 13.8. The van der Waals surface area contributed by atoms with E-state index in [9.17, 15) is 8.78 Å². The molecule has 2 rings (SSSR count). The van der Waals surface area contributed by atoms with Crippen LogP contribution in [0, 0.1) is 6.92 Å². The molecule has 2 N–H and O–H groups in total. The molecule has 0 aliphatic carbocycles. The van der Waals surface area contributed by atoms with Crippen molar-refractivity contribution in [1.29, 1.82) is 0 Å². The zero-order valence-electron chi connectivity index (χ0n) is 10.2. The monoisotopic (exact) mass is 289 g/mol. The third kappa shape index (κ3) is 3.71. The average Bonchev–Trinajstić information content (AvgIpc) is 2.91. The van der Waals surface area contributed by atoms with Gasteiger partial charge in [-0.15, -0.1) is 11.3 Å². The van der Waals surface area contributed by atoms with E-state index in [1.54, 1.807) is 0 Å². The maximum atomic E-state index is 11.8. The quantitative estimate of drug-likeness (QED) is 0.827. The Hall–Kier alpha value is -1.54. The first kappa shape index (κ1) is 13.9. The van der Waals surface area contributed by atoms with Crippen LogP contribution in [0.1, 0.15) is 11.4 Å². The summed E-state index contributed by atoms with van der Waals surface area (Å²) in [7, 11) is 0. The first-order valence-corrected chi connectivity index (χ1v) is 6.42. The number of nitrogens with two attached hydrogens (primary N) is 1. The van der Waals surface area contributed by atoms with E-state index < -0.39 is 13.0 Å². The molecule has 19 heavy (non-hydrogen) atoms. The first-order valence-electron chi connectivity index (χ1n) is 5.61. The van der Waals surface area contributed by atoms with E-state index in [1.165, 1.54) is 11.3 Å². The molecule has 0 unspecified atom stereocenters. The number of ether oxygens (including phenoxy) is 1. The van der Waals surface area contributed by atoms with E-state index in [4.69, 9.17) is 15.0 Å². The fourth-order valence-electron chi connectivity index (χ4n) is 1.50. The van der Waals surface area contributed by atoms with Crippen molar-refractivity contribution in [2.24, 2.45) is 0 Å². The molecule has 0 amide bonds. The predicted octanol–water partition coefficient (Wildman–Crippen LogP) is 2.51. The molecule has 5 nitrogen and oxygen atoms in total. The lowest BCUT2D eigenvalue weighted by molar-refractivity contribution is 0.0182. The van der Waals surface area contributed by atoms with Gasteiger partial charge in [-0.1, -0.05) is 5.16 Å². The second-order valence-corrected chi connectivity index (χ2v) is 4.98. The number of nitrogens with zero attached hydrogens (tertiary/aromatic N) is 2. The number of anilines is 1. The van der Waals surface area contributed by atoms with Gasteiger partial charge < -0.3 is 15.0 Å². The van der Waals surface area contributed by atoms with Crippen molar-refractivity contribution in [1.82, 2.24) is 10.1 Å². The SMILES string of the molecule is Cc1cc(N)sc1-c1nc(CCOCC(F)F)no1. The number of halogens is 2. The number of alkyl halides is 2. The van der Waals surface area contributed by atoms with Crippen LogP contribution >= 0.6 is 11.3 Å². The minimum Gasteiger partial charge on any atom is -0.391 e. The van der Waals surface area contributed by atoms with Gasteiger partial charge in [0.15, 0.2) is 5.82 Å². The van der Waals surface area contributed by atoms with E-state index in [1.807, 2.05) is 13.0 Å². The van der Waals surface area contributed by atoms with Crippen molar-refractivity contribution in [3.8, 4) is 10.8 Å². The van der Waals surface area contributed by atoms with Gasteiger partial charge in [0.1, 0.15) is 6.61 Å². The number of rotatable bonds is 6. The van der Waals surface area contributed by atoms with Crippen LogP contribution in [0.3, 0.4) is 0 Å². The van der Waals surface area contributed by atoms with Crippen molar-refractivity contribution >= 4 is 16.3 Å². The highest BCUT2D eigenvalue weighted by Gasteiger charge is 2.14. The van der Waals surface area contributed by atoms with Gasteiger partial charge in [0.2, 0.25) is 0 Å². The smallest absolute Gasteiger partial charge is 0.268 e. The molecule has 0 aromatic carbocycles. The lowest BCUT2D eigenvalue weighted by atomic mass is 10.3. The summed E-state index contributed by atoms with van der Waals surface area (Å²) in [5.74, 6) is 0.818. The Morgan fingerprint density at radius 3 is 2.95 bits per heavy atom. The lowest BCUT2D eigenvalue weighted by Crippen LogP contribution is -2.07. The van der Waals surface area contributed by atoms with Crippen LogP contribution in [0.5, 0.6) is 0 Å². The summed E-state index contributed by atoms with van der Waals surface area (Å²) in [6, 6.07) is 1.83. The van der Waals surface area contributed by atoms with Crippen molar-refractivity contribution in [2.45, 2.75) is 19.8 Å². The lowest BCUT2D eigenvalue weighted by Gasteiger charge is -1.99. The van der Waals surface area contributed by atoms with Crippen molar-refractivity contribution in [3.63, 3.8) is 0 Å². The molecule has 0 saturated carbocycles. The van der Waals surface area contributed by atoms with Crippen molar-refractivity contribution in [3.05, 3.63) is 17.5 Å². The highest BCUT2D eigenvalue weighted by molar-refractivity contribution is 7.19. The summed E-state index contributed by atoms with van der Waals surface area (Å²) in [6.07, 6.45) is -2.13. The van der Waals surface area contributed by atoms with E-state index in [-0.39, 0.29) is 6.61 Å². The van der Waals surface area contributed by atoms with Gasteiger partial charge in [-0.25, -0.2) is 8.78 Å². The van der Waals surface area contributed by atoms with E-state index in [0.717, 1.165) is 10.4 Å². The molecule has 0 fully saturated rings. The topological polar surface area (TPSA) is 74.2 Å². The maximum absolute atomic E-state index is 11.8. The zero-order valence-corrected chi connectivity index (χ0v) is 11.0. The molecule has 8 heteroatoms. The van der Waals surface area contributed by atoms with Gasteiger partial charge in [0, 0.05) is 6.42 Å². The largest absolute Gasteiger partial charge is 0.391 e. The van der Waals surface area contributed by atoms with Gasteiger partial charge in [-0.3, -0.25) is 0 Å². The Kier molecular flexibility index (Phi) is 4.43. The molecule has 0 spiro atoms. The molecule has 0 radical (unpaired) electrons. The summed E-state index contributed by atoms with van der Waals surface area (Å²) in [6.45, 7) is 1.46. The highest BCUT2D eigenvalue weighted by Crippen LogP contribution is 2.32. The Morgan fingerprint density at radius 2 is 2.32 bits per heavy atom. The van der Waals surface area contributed by atoms with E-state index in [2.05, 4.69) is 10.1 Å². The summed E-state index contributed by atoms with van der Waals surface area (Å²) in [5, 5.41) is 4.45. The number of thiophene rings is 1. The number of aromatic nitrogens is 2. The third-order valence-corrected chi connectivity index (χ3v) is 3.37. The summed E-state index contributed by atoms with van der Waals surface area (Å²) in [5.41, 5.74) is 6.65. The number of nitrogen functional groups attached to an aromatic ring is 1. The predicted molar refractivity (Wildman–Crippen MR) is 67.3 cm³/mol. The average molecular weight is 289 g/mol. The molecular weight excluding hydrogens is 276 g/mol. The number of hydrogen-bond acceptors (Lipinski definition) is 6. The Morgan fingerprint density at radius 1 is 1.53 bits per heavy atom. The van der Waals surface area contributed by atoms with Gasteiger partial charge in [0.05, 0.1) is 16.5 Å². The second-order valence-electron chi connectivity index (χ2n) is 3.89. The van der Waals surface area contributed by atoms with Crippen LogP contribution in [-0.2, 0) is 11.2 Å². The van der Waals surface area contributed by atoms with Gasteiger partial charge in [-0.2, -0.15) is 4.98 Å². The molecule has 2 aromatic rings. The maximum Gasteiger partial charge on any atom is 0.268 e. The fraction of sp³-hybridized carbons (Fsp3) is 0.455. The van der Waals surface area contributed by atoms with Gasteiger partial charge >= 0.3 is 0 Å². The summed E-state index contributed by atoms with van der Waals surface area (Å²) >= 11 is 1.36. The Bertz CT molecular complexity index is 542.